The fourth-order valence-corrected chi connectivity index (χ4v) is 12.8. The summed E-state index contributed by atoms with van der Waals surface area (Å²) >= 11 is 0. The standard InChI is InChI=1S/C71H40N8/c1-75-49-38-46(42-74)37-48(39-49)68-58(43-76-59-26-10-2-18-50(59)51-19-3-11-27-60(51)76)67(47-35-44(40-72)34-45(36-47)41-73)69(77-61-28-12-4-20-52(61)53-21-5-13-29-62(53)77)71(79-65-32-16-8-24-56(65)57-25-9-17-33-66(57)79)70(68)78-63-30-14-6-22-54(63)55-23-7-15-31-64(55)78/h2-39H,43H2. The van der Waals surface area contributed by atoms with E-state index >= 15 is 0 Å². The number of hydrogen-bond acceptors (Lipinski definition) is 3. The Bertz CT molecular complexity index is 4810. The van der Waals surface area contributed by atoms with E-state index in [1.54, 1.807) is 12.1 Å². The molecule has 0 fully saturated rings. The van der Waals surface area contributed by atoms with Gasteiger partial charge in [0.25, 0.3) is 0 Å². The summed E-state index contributed by atoms with van der Waals surface area (Å²) in [7, 11) is 0. The molecule has 0 bridgehead atoms. The van der Waals surface area contributed by atoms with E-state index in [-0.39, 0.29) is 6.54 Å². The Morgan fingerprint density at radius 3 is 0.937 bits per heavy atom. The molecule has 15 aromatic rings. The molecule has 4 heterocycles. The lowest BCUT2D eigenvalue weighted by Crippen LogP contribution is -2.16. The predicted octanol–water partition coefficient (Wildman–Crippen LogP) is 17.6. The summed E-state index contributed by atoms with van der Waals surface area (Å²) in [6.07, 6.45) is 0. The Kier molecular flexibility index (Phi) is 10.0. The maximum absolute atomic E-state index is 11.0. The molecule has 0 amide bonds. The highest BCUT2D eigenvalue weighted by molar-refractivity contribution is 6.16. The Morgan fingerprint density at radius 2 is 0.608 bits per heavy atom. The van der Waals surface area contributed by atoms with Crippen LogP contribution in [0.5, 0.6) is 0 Å². The van der Waals surface area contributed by atoms with E-state index in [2.05, 4.69) is 235 Å². The third-order valence-corrected chi connectivity index (χ3v) is 15.9. The fourth-order valence-electron chi connectivity index (χ4n) is 12.8. The van der Waals surface area contributed by atoms with Gasteiger partial charge >= 0.3 is 0 Å². The zero-order chi connectivity index (χ0) is 52.9. The smallest absolute Gasteiger partial charge is 0.189 e. The third-order valence-electron chi connectivity index (χ3n) is 15.9. The van der Waals surface area contributed by atoms with Crippen LogP contribution in [0.25, 0.3) is 131 Å². The number of fused-ring (bicyclic) bond motifs is 12. The van der Waals surface area contributed by atoms with Crippen LogP contribution in [-0.2, 0) is 6.54 Å². The first-order chi connectivity index (χ1) is 39.0. The van der Waals surface area contributed by atoms with Crippen LogP contribution in [0, 0.1) is 40.6 Å². The molecule has 11 aromatic carbocycles. The van der Waals surface area contributed by atoms with E-state index in [1.165, 1.54) is 0 Å². The zero-order valence-corrected chi connectivity index (χ0v) is 42.2. The molecule has 0 radical (unpaired) electrons. The summed E-state index contributed by atoms with van der Waals surface area (Å²) < 4.78 is 9.58. The Hall–Kier alpha value is -11.4. The molecule has 364 valence electrons. The zero-order valence-electron chi connectivity index (χ0n) is 42.2. The van der Waals surface area contributed by atoms with Crippen LogP contribution in [0.1, 0.15) is 22.3 Å². The van der Waals surface area contributed by atoms with E-state index in [0.717, 1.165) is 121 Å². The van der Waals surface area contributed by atoms with E-state index in [9.17, 15) is 15.8 Å². The minimum Gasteiger partial charge on any atom is -0.336 e. The summed E-state index contributed by atoms with van der Waals surface area (Å²) in [6, 6.07) is 86.5. The molecule has 0 atom stereocenters. The van der Waals surface area contributed by atoms with Gasteiger partial charge in [0.2, 0.25) is 0 Å². The van der Waals surface area contributed by atoms with Gasteiger partial charge in [-0.3, -0.25) is 0 Å². The van der Waals surface area contributed by atoms with Crippen LogP contribution in [0.3, 0.4) is 0 Å². The predicted molar refractivity (Wildman–Crippen MR) is 319 cm³/mol. The van der Waals surface area contributed by atoms with E-state index in [0.29, 0.717) is 33.5 Å². The summed E-state index contributed by atoms with van der Waals surface area (Å²) in [5.74, 6) is 0. The first-order valence-electron chi connectivity index (χ1n) is 26.1. The van der Waals surface area contributed by atoms with Crippen molar-refractivity contribution in [2.45, 2.75) is 6.54 Å². The highest BCUT2D eigenvalue weighted by Crippen LogP contribution is 2.53. The van der Waals surface area contributed by atoms with Crippen molar-refractivity contribution in [3.63, 3.8) is 0 Å². The van der Waals surface area contributed by atoms with Gasteiger partial charge in [-0.05, 0) is 102 Å². The maximum atomic E-state index is 11.0. The molecule has 0 aliphatic rings. The SMILES string of the molecule is [C-]#[N+]c1cc(C#N)cc(-c2c(Cn3c4ccccc4c4ccccc43)c(-c3cc(C#N)cc(C#N)c3)c(-n3c4ccccc4c4ccccc43)c(-n3c4ccccc4c4ccccc43)c2-n2c3ccccc3c3ccccc32)c1. The summed E-state index contributed by atoms with van der Waals surface area (Å²) in [5, 5.41) is 41.5. The van der Waals surface area contributed by atoms with Crippen LogP contribution in [0.2, 0.25) is 0 Å². The molecule has 0 aliphatic carbocycles. The number of rotatable bonds is 7. The quantitative estimate of drug-likeness (QED) is 0.149. The van der Waals surface area contributed by atoms with Gasteiger partial charge in [-0.1, -0.05) is 146 Å². The van der Waals surface area contributed by atoms with E-state index in [4.69, 9.17) is 6.57 Å². The Morgan fingerprint density at radius 1 is 0.329 bits per heavy atom. The molecular weight excluding hydrogens is 965 g/mol. The van der Waals surface area contributed by atoms with Gasteiger partial charge in [-0.25, -0.2) is 4.85 Å². The van der Waals surface area contributed by atoms with Gasteiger partial charge in [0.1, 0.15) is 0 Å². The summed E-state index contributed by atoms with van der Waals surface area (Å²) in [6.45, 7) is 8.87. The third kappa shape index (κ3) is 6.63. The van der Waals surface area contributed by atoms with Gasteiger partial charge < -0.3 is 18.3 Å². The lowest BCUT2D eigenvalue weighted by Gasteiger charge is -2.31. The van der Waals surface area contributed by atoms with Crippen molar-refractivity contribution in [2.24, 2.45) is 0 Å². The second-order valence-electron chi connectivity index (χ2n) is 20.0. The first-order valence-corrected chi connectivity index (χ1v) is 26.1. The molecule has 0 spiro atoms. The summed E-state index contributed by atoms with van der Waals surface area (Å²) in [5.41, 5.74) is 15.2. The lowest BCUT2D eigenvalue weighted by atomic mass is 9.85. The topological polar surface area (TPSA) is 95.5 Å². The molecule has 4 aromatic heterocycles. The Labute approximate surface area is 453 Å². The number of nitrogens with zero attached hydrogens (tertiary/aromatic N) is 8. The van der Waals surface area contributed by atoms with Gasteiger partial charge in [0.15, 0.2) is 5.69 Å². The highest BCUT2D eigenvalue weighted by Gasteiger charge is 2.34. The molecule has 15 rings (SSSR count). The molecule has 0 saturated heterocycles. The van der Waals surface area contributed by atoms with Crippen molar-refractivity contribution in [3.8, 4) is 57.5 Å². The van der Waals surface area contributed by atoms with Crippen molar-refractivity contribution >= 4 is 92.9 Å². The molecule has 79 heavy (non-hydrogen) atoms. The number of hydrogen-bond donors (Lipinski definition) is 0. The molecule has 8 nitrogen and oxygen atoms in total. The van der Waals surface area contributed by atoms with Crippen LogP contribution in [0.15, 0.2) is 231 Å². The Balaban J connectivity index is 1.33. The molecule has 0 aliphatic heterocycles. The molecular formula is C71H40N8. The minimum atomic E-state index is 0.267. The van der Waals surface area contributed by atoms with Gasteiger partial charge in [0.05, 0.1) is 86.1 Å². The minimum absolute atomic E-state index is 0.267. The largest absolute Gasteiger partial charge is 0.336 e. The van der Waals surface area contributed by atoms with Crippen molar-refractivity contribution in [2.75, 3.05) is 0 Å². The number of para-hydroxylation sites is 8. The van der Waals surface area contributed by atoms with Crippen LogP contribution < -0.4 is 0 Å². The number of benzene rings is 11. The maximum Gasteiger partial charge on any atom is 0.189 e. The molecule has 0 N–H and O–H groups in total. The van der Waals surface area contributed by atoms with Crippen LogP contribution in [-0.4, -0.2) is 18.3 Å². The van der Waals surface area contributed by atoms with Gasteiger partial charge in [-0.2, -0.15) is 15.8 Å². The van der Waals surface area contributed by atoms with Crippen molar-refractivity contribution < 1.29 is 0 Å². The highest BCUT2D eigenvalue weighted by atomic mass is 15.1. The van der Waals surface area contributed by atoms with E-state index < -0.39 is 0 Å². The van der Waals surface area contributed by atoms with Gasteiger partial charge in [-0.15, -0.1) is 0 Å². The number of nitriles is 3. The van der Waals surface area contributed by atoms with Crippen molar-refractivity contribution in [1.82, 2.24) is 18.3 Å². The van der Waals surface area contributed by atoms with Crippen molar-refractivity contribution in [3.05, 3.63) is 264 Å². The molecule has 8 heteroatoms. The number of aromatic nitrogens is 4. The second-order valence-corrected chi connectivity index (χ2v) is 20.0. The lowest BCUT2D eigenvalue weighted by molar-refractivity contribution is 0.867. The van der Waals surface area contributed by atoms with Gasteiger partial charge in [0, 0.05) is 77.4 Å². The molecule has 0 unspecified atom stereocenters. The molecule has 0 saturated carbocycles. The van der Waals surface area contributed by atoms with Crippen molar-refractivity contribution in [1.29, 1.82) is 15.8 Å². The van der Waals surface area contributed by atoms with E-state index in [1.807, 2.05) is 24.3 Å². The summed E-state index contributed by atoms with van der Waals surface area (Å²) in [4.78, 5) is 4.06. The first kappa shape index (κ1) is 45.0. The average Bonchev–Trinajstić information content (AvgIpc) is 3.63. The second kappa shape index (κ2) is 17.6. The van der Waals surface area contributed by atoms with Crippen LogP contribution >= 0.6 is 0 Å². The fraction of sp³-hybridized carbons (Fsp3) is 0.0141. The average molecular weight is 1010 g/mol. The monoisotopic (exact) mass is 1000 g/mol. The normalized spacial score (nSPS) is 11.5. The van der Waals surface area contributed by atoms with Crippen LogP contribution in [0.4, 0.5) is 5.69 Å².